The highest BCUT2D eigenvalue weighted by molar-refractivity contribution is 7.89. The summed E-state index contributed by atoms with van der Waals surface area (Å²) in [4.78, 5) is -0.255. The molecule has 0 aromatic heterocycles. The van der Waals surface area contributed by atoms with E-state index >= 15 is 0 Å². The van der Waals surface area contributed by atoms with Crippen molar-refractivity contribution in [2.24, 2.45) is 11.7 Å². The molecule has 112 valence electrons. The second-order valence-electron chi connectivity index (χ2n) is 5.41. The van der Waals surface area contributed by atoms with Crippen LogP contribution in [0.25, 0.3) is 0 Å². The maximum atomic E-state index is 13.9. The van der Waals surface area contributed by atoms with E-state index in [1.165, 1.54) is 22.5 Å². The van der Waals surface area contributed by atoms with Gasteiger partial charge in [0.2, 0.25) is 10.0 Å². The number of halogens is 1. The van der Waals surface area contributed by atoms with Crippen molar-refractivity contribution in [2.45, 2.75) is 37.6 Å². The molecule has 20 heavy (non-hydrogen) atoms. The Hall–Kier alpha value is -0.980. The topological polar surface area (TPSA) is 63.4 Å². The summed E-state index contributed by atoms with van der Waals surface area (Å²) in [5.74, 6) is -0.199. The van der Waals surface area contributed by atoms with Gasteiger partial charge in [0, 0.05) is 19.6 Å². The van der Waals surface area contributed by atoms with Crippen LogP contribution in [0.15, 0.2) is 23.1 Å². The second-order valence-corrected chi connectivity index (χ2v) is 7.32. The van der Waals surface area contributed by atoms with Crippen molar-refractivity contribution in [1.29, 1.82) is 0 Å². The molecule has 1 aromatic rings. The lowest BCUT2D eigenvalue weighted by atomic mass is 10.0. The number of benzene rings is 1. The monoisotopic (exact) mass is 300 g/mol. The summed E-state index contributed by atoms with van der Waals surface area (Å²) >= 11 is 0. The van der Waals surface area contributed by atoms with Gasteiger partial charge in [-0.3, -0.25) is 0 Å². The molecule has 4 nitrogen and oxygen atoms in total. The first kappa shape index (κ1) is 15.4. The van der Waals surface area contributed by atoms with Crippen molar-refractivity contribution in [1.82, 2.24) is 4.31 Å². The van der Waals surface area contributed by atoms with Crippen LogP contribution in [0.4, 0.5) is 4.39 Å². The quantitative estimate of drug-likeness (QED) is 0.929. The molecule has 1 heterocycles. The van der Waals surface area contributed by atoms with E-state index in [2.05, 4.69) is 6.92 Å². The predicted molar refractivity (Wildman–Crippen MR) is 76.1 cm³/mol. The standard InChI is InChI=1S/C14H21FN2O2S/c1-11-3-2-7-17(8-6-11)20(18,19)14-9-12(10-16)4-5-13(14)15/h4-5,9,11H,2-3,6-8,10,16H2,1H3. The van der Waals surface area contributed by atoms with E-state index in [0.717, 1.165) is 19.3 Å². The van der Waals surface area contributed by atoms with Crippen molar-refractivity contribution < 1.29 is 12.8 Å². The van der Waals surface area contributed by atoms with Crippen LogP contribution in [0.3, 0.4) is 0 Å². The Bertz CT molecular complexity index is 575. The first-order valence-corrected chi connectivity index (χ1v) is 8.38. The fourth-order valence-electron chi connectivity index (χ4n) is 2.49. The lowest BCUT2D eigenvalue weighted by molar-refractivity contribution is 0.413. The lowest BCUT2D eigenvalue weighted by Gasteiger charge is -2.20. The summed E-state index contributed by atoms with van der Waals surface area (Å²) in [6.45, 7) is 3.22. The van der Waals surface area contributed by atoms with Gasteiger partial charge in [-0.05, 0) is 42.9 Å². The molecule has 1 aliphatic heterocycles. The number of nitrogens with two attached hydrogens (primary N) is 1. The molecular formula is C14H21FN2O2S. The number of sulfonamides is 1. The first-order valence-electron chi connectivity index (χ1n) is 6.94. The van der Waals surface area contributed by atoms with Crippen LogP contribution in [0.5, 0.6) is 0 Å². The molecular weight excluding hydrogens is 279 g/mol. The number of hydrogen-bond donors (Lipinski definition) is 1. The molecule has 1 atom stereocenters. The Morgan fingerprint density at radius 2 is 2.10 bits per heavy atom. The summed E-state index contributed by atoms with van der Waals surface area (Å²) in [5.41, 5.74) is 6.12. The van der Waals surface area contributed by atoms with Gasteiger partial charge >= 0.3 is 0 Å². The van der Waals surface area contributed by atoms with Crippen molar-refractivity contribution in [3.8, 4) is 0 Å². The minimum absolute atomic E-state index is 0.194. The van der Waals surface area contributed by atoms with Gasteiger partial charge in [-0.25, -0.2) is 12.8 Å². The highest BCUT2D eigenvalue weighted by atomic mass is 32.2. The van der Waals surface area contributed by atoms with Gasteiger partial charge in [0.15, 0.2) is 0 Å². The Balaban J connectivity index is 2.34. The normalized spacial score (nSPS) is 21.6. The van der Waals surface area contributed by atoms with Gasteiger partial charge in [0.05, 0.1) is 0 Å². The van der Waals surface area contributed by atoms with Gasteiger partial charge < -0.3 is 5.73 Å². The maximum Gasteiger partial charge on any atom is 0.245 e. The van der Waals surface area contributed by atoms with Crippen LogP contribution in [0.1, 0.15) is 31.7 Å². The van der Waals surface area contributed by atoms with E-state index in [1.54, 1.807) is 0 Å². The van der Waals surface area contributed by atoms with Gasteiger partial charge in [-0.15, -0.1) is 0 Å². The molecule has 1 unspecified atom stereocenters. The number of rotatable bonds is 3. The second kappa shape index (κ2) is 6.20. The van der Waals surface area contributed by atoms with Crippen LogP contribution in [0.2, 0.25) is 0 Å². The van der Waals surface area contributed by atoms with Gasteiger partial charge in [0.25, 0.3) is 0 Å². The van der Waals surface area contributed by atoms with Crippen LogP contribution in [-0.4, -0.2) is 25.8 Å². The van der Waals surface area contributed by atoms with Crippen LogP contribution in [-0.2, 0) is 16.6 Å². The highest BCUT2D eigenvalue weighted by Gasteiger charge is 2.29. The zero-order valence-corrected chi connectivity index (χ0v) is 12.5. The Morgan fingerprint density at radius 1 is 1.35 bits per heavy atom. The number of hydrogen-bond acceptors (Lipinski definition) is 3. The van der Waals surface area contributed by atoms with E-state index in [4.69, 9.17) is 5.73 Å². The maximum absolute atomic E-state index is 13.9. The molecule has 0 spiro atoms. The summed E-state index contributed by atoms with van der Waals surface area (Å²) in [5, 5.41) is 0. The van der Waals surface area contributed by atoms with Crippen molar-refractivity contribution in [2.75, 3.05) is 13.1 Å². The van der Waals surface area contributed by atoms with E-state index in [9.17, 15) is 12.8 Å². The first-order chi connectivity index (χ1) is 9.45. The molecule has 0 amide bonds. The van der Waals surface area contributed by atoms with Gasteiger partial charge in [0.1, 0.15) is 10.7 Å². The van der Waals surface area contributed by atoms with E-state index < -0.39 is 15.8 Å². The van der Waals surface area contributed by atoms with Crippen LogP contribution < -0.4 is 5.73 Å². The van der Waals surface area contributed by atoms with Gasteiger partial charge in [-0.2, -0.15) is 4.31 Å². The minimum atomic E-state index is -3.77. The predicted octanol–water partition coefficient (Wildman–Crippen LogP) is 2.10. The fourth-order valence-corrected chi connectivity index (χ4v) is 4.10. The molecule has 6 heteroatoms. The van der Waals surface area contributed by atoms with Crippen molar-refractivity contribution in [3.05, 3.63) is 29.6 Å². The van der Waals surface area contributed by atoms with E-state index in [-0.39, 0.29) is 11.4 Å². The molecule has 1 aromatic carbocycles. The molecule has 0 radical (unpaired) electrons. The average molecular weight is 300 g/mol. The van der Waals surface area contributed by atoms with Crippen molar-refractivity contribution >= 4 is 10.0 Å². The third-order valence-electron chi connectivity index (χ3n) is 3.82. The Labute approximate surface area is 119 Å². The summed E-state index contributed by atoms with van der Waals surface area (Å²) in [6.07, 6.45) is 2.65. The zero-order chi connectivity index (χ0) is 14.8. The van der Waals surface area contributed by atoms with Crippen molar-refractivity contribution in [3.63, 3.8) is 0 Å². The molecule has 0 saturated carbocycles. The largest absolute Gasteiger partial charge is 0.326 e. The number of nitrogens with zero attached hydrogens (tertiary/aromatic N) is 1. The minimum Gasteiger partial charge on any atom is -0.326 e. The highest BCUT2D eigenvalue weighted by Crippen LogP contribution is 2.25. The van der Waals surface area contributed by atoms with Gasteiger partial charge in [-0.1, -0.05) is 13.0 Å². The SMILES string of the molecule is CC1CCCN(S(=O)(=O)c2cc(CN)ccc2F)CC1. The Morgan fingerprint density at radius 3 is 2.80 bits per heavy atom. The molecule has 1 saturated heterocycles. The molecule has 0 aliphatic carbocycles. The fraction of sp³-hybridized carbons (Fsp3) is 0.571. The third-order valence-corrected chi connectivity index (χ3v) is 5.74. The van der Waals surface area contributed by atoms with E-state index in [0.29, 0.717) is 24.6 Å². The molecule has 1 fully saturated rings. The molecule has 2 rings (SSSR count). The Kier molecular flexibility index (Phi) is 4.78. The summed E-state index contributed by atoms with van der Waals surface area (Å²) < 4.78 is 40.4. The van der Waals surface area contributed by atoms with E-state index in [1.807, 2.05) is 0 Å². The zero-order valence-electron chi connectivity index (χ0n) is 11.7. The average Bonchev–Trinajstić information content (AvgIpc) is 2.64. The third kappa shape index (κ3) is 3.19. The molecule has 0 bridgehead atoms. The molecule has 2 N–H and O–H groups in total. The molecule has 1 aliphatic rings. The summed E-state index contributed by atoms with van der Waals surface area (Å²) in [6, 6.07) is 4.04. The van der Waals surface area contributed by atoms with Crippen LogP contribution >= 0.6 is 0 Å². The lowest BCUT2D eigenvalue weighted by Crippen LogP contribution is -2.32. The van der Waals surface area contributed by atoms with Crippen LogP contribution in [0, 0.1) is 11.7 Å². The summed E-state index contributed by atoms with van der Waals surface area (Å²) in [7, 11) is -3.77. The smallest absolute Gasteiger partial charge is 0.245 e.